The number of rotatable bonds is 6. The van der Waals surface area contributed by atoms with Crippen molar-refractivity contribution in [2.45, 2.75) is 32.6 Å². The molecule has 1 amide bonds. The Labute approximate surface area is 120 Å². The number of nitrogens with one attached hydrogen (secondary N) is 2. The summed E-state index contributed by atoms with van der Waals surface area (Å²) in [7, 11) is 0. The predicted octanol–water partition coefficient (Wildman–Crippen LogP) is 2.01. The first-order valence-corrected chi connectivity index (χ1v) is 7.51. The molecule has 0 bridgehead atoms. The molecule has 5 heteroatoms. The normalized spacial score (nSPS) is 15.2. The van der Waals surface area contributed by atoms with Crippen molar-refractivity contribution in [2.75, 3.05) is 36.4 Å². The summed E-state index contributed by atoms with van der Waals surface area (Å²) in [5.74, 6) is 1.04. The molecule has 5 nitrogen and oxygen atoms in total. The molecule has 110 valence electrons. The number of pyridine rings is 1. The lowest BCUT2D eigenvalue weighted by atomic mass is 10.1. The van der Waals surface area contributed by atoms with Gasteiger partial charge in [-0.2, -0.15) is 0 Å². The summed E-state index contributed by atoms with van der Waals surface area (Å²) < 4.78 is 0. The molecule has 2 heterocycles. The molecule has 0 atom stereocenters. The van der Waals surface area contributed by atoms with Gasteiger partial charge in [-0.15, -0.1) is 0 Å². The van der Waals surface area contributed by atoms with Gasteiger partial charge in [-0.1, -0.05) is 6.92 Å². The van der Waals surface area contributed by atoms with Gasteiger partial charge in [-0.05, 0) is 37.9 Å². The van der Waals surface area contributed by atoms with E-state index in [1.807, 2.05) is 19.1 Å². The number of hydrogen-bond donors (Lipinski definition) is 2. The molecule has 0 radical (unpaired) electrons. The van der Waals surface area contributed by atoms with Crippen molar-refractivity contribution in [3.63, 3.8) is 0 Å². The van der Waals surface area contributed by atoms with Crippen molar-refractivity contribution in [3.8, 4) is 0 Å². The Balaban J connectivity index is 1.83. The van der Waals surface area contributed by atoms with Crippen molar-refractivity contribution in [3.05, 3.63) is 18.3 Å². The third-order valence-electron chi connectivity index (χ3n) is 3.49. The van der Waals surface area contributed by atoms with Crippen molar-refractivity contribution < 1.29 is 4.79 Å². The smallest absolute Gasteiger partial charge is 0.225 e. The molecular formula is C15H24N4O. The average Bonchev–Trinajstić information content (AvgIpc) is 2.49. The number of aromatic nitrogens is 1. The van der Waals surface area contributed by atoms with Gasteiger partial charge < -0.3 is 15.5 Å². The molecule has 0 aromatic carbocycles. The monoisotopic (exact) mass is 276 g/mol. The fourth-order valence-corrected chi connectivity index (χ4v) is 2.37. The van der Waals surface area contributed by atoms with E-state index in [2.05, 4.69) is 20.5 Å². The van der Waals surface area contributed by atoms with E-state index in [4.69, 9.17) is 0 Å². The molecule has 0 spiro atoms. The first-order valence-electron chi connectivity index (χ1n) is 7.51. The molecule has 1 fully saturated rings. The van der Waals surface area contributed by atoms with Gasteiger partial charge in [0.05, 0.1) is 11.9 Å². The van der Waals surface area contributed by atoms with Gasteiger partial charge in [0.25, 0.3) is 0 Å². The molecule has 1 saturated heterocycles. The van der Waals surface area contributed by atoms with Crippen LogP contribution in [0, 0.1) is 0 Å². The minimum absolute atomic E-state index is 0.0264. The van der Waals surface area contributed by atoms with Gasteiger partial charge in [0.2, 0.25) is 5.91 Å². The van der Waals surface area contributed by atoms with Crippen LogP contribution in [0.3, 0.4) is 0 Å². The number of carbonyl (C=O) groups excluding carboxylic acids is 1. The summed E-state index contributed by atoms with van der Waals surface area (Å²) in [6.45, 7) is 5.80. The summed E-state index contributed by atoms with van der Waals surface area (Å²) >= 11 is 0. The predicted molar refractivity (Wildman–Crippen MR) is 82.1 cm³/mol. The van der Waals surface area contributed by atoms with Crippen LogP contribution in [0.25, 0.3) is 0 Å². The maximum atomic E-state index is 11.7. The number of nitrogens with zero attached hydrogens (tertiary/aromatic N) is 2. The van der Waals surface area contributed by atoms with Crippen LogP contribution in [0.2, 0.25) is 0 Å². The third kappa shape index (κ3) is 4.49. The van der Waals surface area contributed by atoms with Crippen LogP contribution in [0.5, 0.6) is 0 Å². The van der Waals surface area contributed by atoms with Crippen LogP contribution in [-0.4, -0.2) is 37.1 Å². The summed E-state index contributed by atoms with van der Waals surface area (Å²) in [5.41, 5.74) is 0.771. The second-order valence-electron chi connectivity index (χ2n) is 5.10. The van der Waals surface area contributed by atoms with Gasteiger partial charge in [-0.25, -0.2) is 4.98 Å². The van der Waals surface area contributed by atoms with E-state index < -0.39 is 0 Å². The first-order chi connectivity index (χ1) is 9.79. The molecule has 2 N–H and O–H groups in total. The number of carbonyl (C=O) groups is 1. The summed E-state index contributed by atoms with van der Waals surface area (Å²) in [5, 5.41) is 6.00. The van der Waals surface area contributed by atoms with E-state index >= 15 is 0 Å². The van der Waals surface area contributed by atoms with Crippen LogP contribution in [0.15, 0.2) is 18.3 Å². The average molecular weight is 276 g/mol. The zero-order chi connectivity index (χ0) is 14.2. The SMILES string of the molecule is CCNCCC(=O)Nc1ccc(N2CCCCC2)nc1. The fourth-order valence-electron chi connectivity index (χ4n) is 2.37. The quantitative estimate of drug-likeness (QED) is 0.780. The largest absolute Gasteiger partial charge is 0.357 e. The second-order valence-corrected chi connectivity index (χ2v) is 5.10. The molecule has 1 aliphatic heterocycles. The zero-order valence-electron chi connectivity index (χ0n) is 12.2. The van der Waals surface area contributed by atoms with Gasteiger partial charge in [0.1, 0.15) is 5.82 Å². The van der Waals surface area contributed by atoms with Crippen LogP contribution >= 0.6 is 0 Å². The summed E-state index contributed by atoms with van der Waals surface area (Å²) in [4.78, 5) is 18.4. The second kappa shape index (κ2) is 7.85. The highest BCUT2D eigenvalue weighted by atomic mass is 16.1. The first kappa shape index (κ1) is 14.8. The van der Waals surface area contributed by atoms with Gasteiger partial charge in [0, 0.05) is 26.1 Å². The van der Waals surface area contributed by atoms with Crippen LogP contribution in [0.1, 0.15) is 32.6 Å². The van der Waals surface area contributed by atoms with E-state index in [0.717, 1.165) is 31.1 Å². The summed E-state index contributed by atoms with van der Waals surface area (Å²) in [6, 6.07) is 3.92. The van der Waals surface area contributed by atoms with Gasteiger partial charge >= 0.3 is 0 Å². The van der Waals surface area contributed by atoms with E-state index in [9.17, 15) is 4.79 Å². The molecule has 0 saturated carbocycles. The Morgan fingerprint density at radius 2 is 2.10 bits per heavy atom. The van der Waals surface area contributed by atoms with Gasteiger partial charge in [-0.3, -0.25) is 4.79 Å². The standard InChI is InChI=1S/C15H24N4O/c1-2-16-9-8-15(20)18-13-6-7-14(17-12-13)19-10-4-3-5-11-19/h6-7,12,16H,2-5,8-11H2,1H3,(H,18,20). The van der Waals surface area contributed by atoms with Crippen LogP contribution in [0.4, 0.5) is 11.5 Å². The van der Waals surface area contributed by atoms with Crippen molar-refractivity contribution in [2.24, 2.45) is 0 Å². The number of amides is 1. The Kier molecular flexibility index (Phi) is 5.80. The number of hydrogen-bond acceptors (Lipinski definition) is 4. The van der Waals surface area contributed by atoms with Gasteiger partial charge in [0.15, 0.2) is 0 Å². The topological polar surface area (TPSA) is 57.3 Å². The molecule has 1 aromatic rings. The highest BCUT2D eigenvalue weighted by Crippen LogP contribution is 2.18. The Morgan fingerprint density at radius 3 is 2.75 bits per heavy atom. The van der Waals surface area contributed by atoms with Crippen LogP contribution < -0.4 is 15.5 Å². The third-order valence-corrected chi connectivity index (χ3v) is 3.49. The molecule has 20 heavy (non-hydrogen) atoms. The van der Waals surface area contributed by atoms with Crippen LogP contribution in [-0.2, 0) is 4.79 Å². The highest BCUT2D eigenvalue weighted by molar-refractivity contribution is 5.90. The number of anilines is 2. The maximum Gasteiger partial charge on any atom is 0.225 e. The van der Waals surface area contributed by atoms with Crippen molar-refractivity contribution >= 4 is 17.4 Å². The highest BCUT2D eigenvalue weighted by Gasteiger charge is 2.11. The lowest BCUT2D eigenvalue weighted by Crippen LogP contribution is -2.30. The van der Waals surface area contributed by atoms with E-state index in [1.54, 1.807) is 6.20 Å². The van der Waals surface area contributed by atoms with E-state index in [-0.39, 0.29) is 5.91 Å². The Morgan fingerprint density at radius 1 is 1.30 bits per heavy atom. The summed E-state index contributed by atoms with van der Waals surface area (Å²) in [6.07, 6.45) is 6.03. The molecule has 0 unspecified atom stereocenters. The lowest BCUT2D eigenvalue weighted by Gasteiger charge is -2.27. The van der Waals surface area contributed by atoms with E-state index in [0.29, 0.717) is 13.0 Å². The molecular weight excluding hydrogens is 252 g/mol. The lowest BCUT2D eigenvalue weighted by molar-refractivity contribution is -0.116. The Bertz CT molecular complexity index is 412. The molecule has 1 aromatic heterocycles. The number of piperidine rings is 1. The molecule has 2 rings (SSSR count). The zero-order valence-corrected chi connectivity index (χ0v) is 12.2. The Hall–Kier alpha value is -1.62. The fraction of sp³-hybridized carbons (Fsp3) is 0.600. The van der Waals surface area contributed by atoms with Crippen molar-refractivity contribution in [1.82, 2.24) is 10.3 Å². The molecule has 1 aliphatic rings. The molecule has 0 aliphatic carbocycles. The minimum atomic E-state index is 0.0264. The minimum Gasteiger partial charge on any atom is -0.357 e. The maximum absolute atomic E-state index is 11.7. The van der Waals surface area contributed by atoms with E-state index in [1.165, 1.54) is 19.3 Å². The van der Waals surface area contributed by atoms with Crippen molar-refractivity contribution in [1.29, 1.82) is 0 Å².